The molecule has 3 heterocycles. The smallest absolute Gasteiger partial charge is 0.275 e. The van der Waals surface area contributed by atoms with Gasteiger partial charge in [-0.3, -0.25) is 4.79 Å². The number of anilines is 2. The van der Waals surface area contributed by atoms with E-state index in [-0.39, 0.29) is 5.91 Å². The van der Waals surface area contributed by atoms with Crippen LogP contribution in [0.25, 0.3) is 0 Å². The molecule has 2 saturated heterocycles. The summed E-state index contributed by atoms with van der Waals surface area (Å²) in [7, 11) is 0. The van der Waals surface area contributed by atoms with E-state index in [0.717, 1.165) is 55.0 Å². The fourth-order valence-corrected chi connectivity index (χ4v) is 3.84. The number of nitrogens with one attached hydrogen (secondary N) is 1. The number of rotatable bonds is 4. The Balaban J connectivity index is 1.41. The summed E-state index contributed by atoms with van der Waals surface area (Å²) >= 11 is 0. The predicted molar refractivity (Wildman–Crippen MR) is 107 cm³/mol. The maximum absolute atomic E-state index is 12.6. The highest BCUT2D eigenvalue weighted by Gasteiger charge is 2.40. The number of carbonyl (C=O) groups excluding carboxylic acids is 1. The number of para-hydroxylation sites is 1. The van der Waals surface area contributed by atoms with Crippen LogP contribution in [0, 0.1) is 6.92 Å². The average Bonchev–Trinajstić information content (AvgIpc) is 3.18. The number of aryl methyl sites for hydroxylation is 2. The number of ether oxygens (including phenoxy) is 2. The second kappa shape index (κ2) is 7.85. The largest absolute Gasteiger partial charge is 0.355 e. The van der Waals surface area contributed by atoms with Crippen molar-refractivity contribution >= 4 is 17.4 Å². The minimum atomic E-state index is -0.408. The fraction of sp³-hybridized carbons (Fsp3) is 0.476. The van der Waals surface area contributed by atoms with Crippen LogP contribution in [0.4, 0.5) is 11.5 Å². The molecule has 28 heavy (non-hydrogen) atoms. The molecule has 1 amide bonds. The van der Waals surface area contributed by atoms with Crippen molar-refractivity contribution in [2.45, 2.75) is 38.9 Å². The van der Waals surface area contributed by atoms with E-state index in [1.54, 1.807) is 12.4 Å². The van der Waals surface area contributed by atoms with Gasteiger partial charge in [-0.25, -0.2) is 9.97 Å². The molecule has 1 aromatic heterocycles. The standard InChI is InChI=1S/C21H26N4O3/c1-3-16-6-4-5-15(2)19(16)24-20(26)17-13-23-18(14-22-17)25-9-7-21(8-10-25)27-11-12-28-21/h4-6,13-14H,3,7-12H2,1-2H3,(H,24,26). The summed E-state index contributed by atoms with van der Waals surface area (Å²) in [6.45, 7) is 7.00. The average molecular weight is 382 g/mol. The van der Waals surface area contributed by atoms with Crippen molar-refractivity contribution in [3.8, 4) is 0 Å². The van der Waals surface area contributed by atoms with Crippen molar-refractivity contribution in [2.75, 3.05) is 36.5 Å². The zero-order chi connectivity index (χ0) is 19.6. The monoisotopic (exact) mass is 382 g/mol. The first kappa shape index (κ1) is 18.8. The molecular weight excluding hydrogens is 356 g/mol. The third-order valence-electron chi connectivity index (χ3n) is 5.51. The van der Waals surface area contributed by atoms with Crippen molar-refractivity contribution in [2.24, 2.45) is 0 Å². The summed E-state index contributed by atoms with van der Waals surface area (Å²) in [4.78, 5) is 23.6. The zero-order valence-corrected chi connectivity index (χ0v) is 16.4. The minimum Gasteiger partial charge on any atom is -0.355 e. The molecule has 0 radical (unpaired) electrons. The second-order valence-corrected chi connectivity index (χ2v) is 7.27. The van der Waals surface area contributed by atoms with Crippen molar-refractivity contribution in [1.29, 1.82) is 0 Å². The number of benzene rings is 1. The van der Waals surface area contributed by atoms with Crippen LogP contribution in [0.15, 0.2) is 30.6 Å². The van der Waals surface area contributed by atoms with Gasteiger partial charge in [-0.1, -0.05) is 25.1 Å². The van der Waals surface area contributed by atoms with Crippen molar-refractivity contribution in [1.82, 2.24) is 9.97 Å². The third kappa shape index (κ3) is 3.72. The van der Waals surface area contributed by atoms with E-state index in [4.69, 9.17) is 9.47 Å². The van der Waals surface area contributed by atoms with Crippen molar-refractivity contribution < 1.29 is 14.3 Å². The molecule has 0 unspecified atom stereocenters. The van der Waals surface area contributed by atoms with Crippen LogP contribution in [0.3, 0.4) is 0 Å². The van der Waals surface area contributed by atoms with E-state index in [0.29, 0.717) is 18.9 Å². The normalized spacial score (nSPS) is 18.4. The molecular formula is C21H26N4O3. The van der Waals surface area contributed by atoms with Gasteiger partial charge in [0.1, 0.15) is 11.5 Å². The van der Waals surface area contributed by atoms with Crippen LogP contribution < -0.4 is 10.2 Å². The lowest BCUT2D eigenvalue weighted by Gasteiger charge is -2.37. The molecule has 2 aromatic rings. The molecule has 1 spiro atoms. The lowest BCUT2D eigenvalue weighted by atomic mass is 10.0. The summed E-state index contributed by atoms with van der Waals surface area (Å²) in [6.07, 6.45) is 5.68. The molecule has 7 heteroatoms. The van der Waals surface area contributed by atoms with Crippen LogP contribution >= 0.6 is 0 Å². The first-order chi connectivity index (χ1) is 13.6. The number of nitrogens with zero attached hydrogens (tertiary/aromatic N) is 3. The Morgan fingerprint density at radius 2 is 1.93 bits per heavy atom. The van der Waals surface area contributed by atoms with Crippen LogP contribution in [-0.4, -0.2) is 48.0 Å². The highest BCUT2D eigenvalue weighted by Crippen LogP contribution is 2.32. The number of aromatic nitrogens is 2. The summed E-state index contributed by atoms with van der Waals surface area (Å²) in [5.41, 5.74) is 3.32. The second-order valence-electron chi connectivity index (χ2n) is 7.27. The van der Waals surface area contributed by atoms with Gasteiger partial charge in [0.2, 0.25) is 0 Å². The zero-order valence-electron chi connectivity index (χ0n) is 16.4. The Kier molecular flexibility index (Phi) is 5.28. The molecule has 0 bridgehead atoms. The van der Waals surface area contributed by atoms with E-state index in [9.17, 15) is 4.79 Å². The van der Waals surface area contributed by atoms with E-state index >= 15 is 0 Å². The Morgan fingerprint density at radius 1 is 1.18 bits per heavy atom. The molecule has 7 nitrogen and oxygen atoms in total. The minimum absolute atomic E-state index is 0.242. The predicted octanol–water partition coefficient (Wildman–Crippen LogP) is 2.94. The number of hydrogen-bond acceptors (Lipinski definition) is 6. The number of amides is 1. The Hall–Kier alpha value is -2.51. The van der Waals surface area contributed by atoms with E-state index in [1.807, 2.05) is 25.1 Å². The summed E-state index contributed by atoms with van der Waals surface area (Å²) in [5, 5.41) is 2.99. The lowest BCUT2D eigenvalue weighted by molar-refractivity contribution is -0.169. The van der Waals surface area contributed by atoms with Crippen LogP contribution in [-0.2, 0) is 15.9 Å². The maximum Gasteiger partial charge on any atom is 0.275 e. The van der Waals surface area contributed by atoms with Gasteiger partial charge in [-0.05, 0) is 24.5 Å². The fourth-order valence-electron chi connectivity index (χ4n) is 3.84. The van der Waals surface area contributed by atoms with Gasteiger partial charge < -0.3 is 19.7 Å². The van der Waals surface area contributed by atoms with Crippen LogP contribution in [0.2, 0.25) is 0 Å². The Bertz CT molecular complexity index is 837. The molecule has 0 aliphatic carbocycles. The van der Waals surface area contributed by atoms with Crippen molar-refractivity contribution in [3.05, 3.63) is 47.4 Å². The van der Waals surface area contributed by atoms with Crippen LogP contribution in [0.5, 0.6) is 0 Å². The van der Waals surface area contributed by atoms with Gasteiger partial charge >= 0.3 is 0 Å². The highest BCUT2D eigenvalue weighted by molar-refractivity contribution is 6.03. The lowest BCUT2D eigenvalue weighted by Crippen LogP contribution is -2.45. The molecule has 0 saturated carbocycles. The quantitative estimate of drug-likeness (QED) is 0.876. The topological polar surface area (TPSA) is 76.6 Å². The van der Waals surface area contributed by atoms with Gasteiger partial charge in [0.05, 0.1) is 25.6 Å². The molecule has 0 atom stereocenters. The molecule has 4 rings (SSSR count). The molecule has 2 aliphatic rings. The Morgan fingerprint density at radius 3 is 2.57 bits per heavy atom. The summed E-state index contributed by atoms with van der Waals surface area (Å²) in [6, 6.07) is 6.02. The Labute approximate surface area is 165 Å². The SMILES string of the molecule is CCc1cccc(C)c1NC(=O)c1cnc(N2CCC3(CC2)OCCO3)cn1. The number of carbonyl (C=O) groups is 1. The summed E-state index contributed by atoms with van der Waals surface area (Å²) < 4.78 is 11.5. The van der Waals surface area contributed by atoms with Gasteiger partial charge in [0.15, 0.2) is 5.79 Å². The van der Waals surface area contributed by atoms with Gasteiger partial charge in [-0.15, -0.1) is 0 Å². The van der Waals surface area contributed by atoms with Gasteiger partial charge in [0, 0.05) is 31.6 Å². The van der Waals surface area contributed by atoms with E-state index in [1.165, 1.54) is 0 Å². The van der Waals surface area contributed by atoms with E-state index < -0.39 is 5.79 Å². The van der Waals surface area contributed by atoms with Gasteiger partial charge in [0.25, 0.3) is 5.91 Å². The first-order valence-electron chi connectivity index (χ1n) is 9.85. The molecule has 2 aliphatic heterocycles. The van der Waals surface area contributed by atoms with E-state index in [2.05, 4.69) is 27.1 Å². The highest BCUT2D eigenvalue weighted by atomic mass is 16.7. The van der Waals surface area contributed by atoms with Crippen LogP contribution in [0.1, 0.15) is 41.4 Å². The molecule has 2 fully saturated rings. The third-order valence-corrected chi connectivity index (χ3v) is 5.51. The molecule has 148 valence electrons. The van der Waals surface area contributed by atoms with Crippen molar-refractivity contribution in [3.63, 3.8) is 0 Å². The van der Waals surface area contributed by atoms with Gasteiger partial charge in [-0.2, -0.15) is 0 Å². The maximum atomic E-state index is 12.6. The first-order valence-corrected chi connectivity index (χ1v) is 9.85. The number of hydrogen-bond donors (Lipinski definition) is 1. The molecule has 1 N–H and O–H groups in total. The summed E-state index contributed by atoms with van der Waals surface area (Å²) in [5.74, 6) is 0.122. The molecule has 1 aromatic carbocycles. The number of piperidine rings is 1.